The second kappa shape index (κ2) is 6.38. The van der Waals surface area contributed by atoms with E-state index >= 15 is 0 Å². The minimum atomic E-state index is -1.04. The lowest BCUT2D eigenvalue weighted by molar-refractivity contribution is -0.135. The largest absolute Gasteiger partial charge is 0.479 e. The number of amides is 1. The monoisotopic (exact) mass is 393 g/mol. The molecule has 19 heavy (non-hydrogen) atoms. The summed E-state index contributed by atoms with van der Waals surface area (Å²) in [7, 11) is 3.28. The minimum absolute atomic E-state index is 0.123. The van der Waals surface area contributed by atoms with Crippen LogP contribution in [0.1, 0.15) is 17.3 Å². The number of aromatic carboxylic acids is 1. The maximum atomic E-state index is 11.7. The molecule has 1 atom stereocenters. The molecule has 0 saturated carbocycles. The molecule has 0 aromatic heterocycles. The van der Waals surface area contributed by atoms with Crippen LogP contribution in [0.2, 0.25) is 0 Å². The first-order chi connectivity index (χ1) is 8.73. The average Bonchev–Trinajstić information content (AvgIpc) is 2.31. The normalized spacial score (nSPS) is 11.8. The fourth-order valence-electron chi connectivity index (χ4n) is 1.39. The molecule has 0 spiro atoms. The van der Waals surface area contributed by atoms with E-state index in [1.165, 1.54) is 17.0 Å². The van der Waals surface area contributed by atoms with Crippen molar-refractivity contribution in [3.63, 3.8) is 0 Å². The zero-order valence-corrected chi connectivity index (χ0v) is 13.8. The summed E-state index contributed by atoms with van der Waals surface area (Å²) in [4.78, 5) is 24.0. The van der Waals surface area contributed by atoms with Gasteiger partial charge in [0.2, 0.25) is 0 Å². The summed E-state index contributed by atoms with van der Waals surface area (Å²) in [5, 5.41) is 8.92. The molecule has 1 N–H and O–H groups in total. The molecule has 0 aliphatic heterocycles. The van der Waals surface area contributed by atoms with Gasteiger partial charge in [-0.25, -0.2) is 4.79 Å². The summed E-state index contributed by atoms with van der Waals surface area (Å²) < 4.78 is 6.50. The van der Waals surface area contributed by atoms with E-state index in [4.69, 9.17) is 9.84 Å². The van der Waals surface area contributed by atoms with Gasteiger partial charge >= 0.3 is 5.97 Å². The molecular formula is C12H13Br2NO4. The Morgan fingerprint density at radius 1 is 1.26 bits per heavy atom. The summed E-state index contributed by atoms with van der Waals surface area (Å²) in [6.07, 6.45) is -0.668. The van der Waals surface area contributed by atoms with Gasteiger partial charge in [-0.2, -0.15) is 0 Å². The maximum Gasteiger partial charge on any atom is 0.335 e. The van der Waals surface area contributed by atoms with Crippen molar-refractivity contribution >= 4 is 43.7 Å². The van der Waals surface area contributed by atoms with Crippen LogP contribution < -0.4 is 4.74 Å². The molecule has 0 saturated heterocycles. The van der Waals surface area contributed by atoms with Gasteiger partial charge < -0.3 is 14.7 Å². The molecule has 1 aromatic carbocycles. The van der Waals surface area contributed by atoms with Crippen molar-refractivity contribution < 1.29 is 19.4 Å². The molecule has 0 aliphatic carbocycles. The Kier molecular flexibility index (Phi) is 5.37. The highest BCUT2D eigenvalue weighted by atomic mass is 79.9. The average molecular weight is 395 g/mol. The molecule has 0 fully saturated rings. The molecule has 1 unspecified atom stereocenters. The van der Waals surface area contributed by atoms with Crippen molar-refractivity contribution in [3.8, 4) is 5.75 Å². The first-order valence-corrected chi connectivity index (χ1v) is 6.92. The molecule has 1 aromatic rings. The quantitative estimate of drug-likeness (QED) is 0.852. The topological polar surface area (TPSA) is 66.8 Å². The van der Waals surface area contributed by atoms with E-state index in [-0.39, 0.29) is 11.5 Å². The van der Waals surface area contributed by atoms with Gasteiger partial charge in [0.25, 0.3) is 5.91 Å². The Morgan fingerprint density at radius 3 is 2.11 bits per heavy atom. The van der Waals surface area contributed by atoms with Crippen molar-refractivity contribution in [3.05, 3.63) is 26.6 Å². The Bertz CT molecular complexity index is 493. The van der Waals surface area contributed by atoms with Gasteiger partial charge in [-0.05, 0) is 50.9 Å². The van der Waals surface area contributed by atoms with E-state index in [1.807, 2.05) is 0 Å². The van der Waals surface area contributed by atoms with Gasteiger partial charge in [0, 0.05) is 14.1 Å². The van der Waals surface area contributed by atoms with Crippen LogP contribution in [-0.4, -0.2) is 42.1 Å². The number of nitrogens with zero attached hydrogens (tertiary/aromatic N) is 1. The fraction of sp³-hybridized carbons (Fsp3) is 0.333. The summed E-state index contributed by atoms with van der Waals surface area (Å²) in [5.41, 5.74) is 0.123. The number of likely N-dealkylation sites (N-methyl/N-ethyl adjacent to an activating group) is 1. The molecule has 104 valence electrons. The number of benzene rings is 1. The van der Waals surface area contributed by atoms with Gasteiger partial charge in [0.05, 0.1) is 14.5 Å². The van der Waals surface area contributed by atoms with Crippen LogP contribution in [0, 0.1) is 0 Å². The van der Waals surface area contributed by atoms with Crippen LogP contribution in [0.3, 0.4) is 0 Å². The summed E-state index contributed by atoms with van der Waals surface area (Å²) in [6.45, 7) is 1.63. The third kappa shape index (κ3) is 3.94. The lowest BCUT2D eigenvalue weighted by Crippen LogP contribution is -2.35. The number of hydrogen-bond acceptors (Lipinski definition) is 3. The van der Waals surface area contributed by atoms with Crippen LogP contribution in [-0.2, 0) is 4.79 Å². The van der Waals surface area contributed by atoms with Gasteiger partial charge in [0.1, 0.15) is 5.75 Å². The minimum Gasteiger partial charge on any atom is -0.479 e. The van der Waals surface area contributed by atoms with Crippen molar-refractivity contribution in [1.82, 2.24) is 4.90 Å². The second-order valence-electron chi connectivity index (χ2n) is 4.07. The van der Waals surface area contributed by atoms with Crippen LogP contribution in [0.25, 0.3) is 0 Å². The van der Waals surface area contributed by atoms with Crippen molar-refractivity contribution in [2.24, 2.45) is 0 Å². The number of ether oxygens (including phenoxy) is 1. The van der Waals surface area contributed by atoms with Crippen molar-refractivity contribution in [2.45, 2.75) is 13.0 Å². The third-order valence-corrected chi connectivity index (χ3v) is 3.51. The van der Waals surface area contributed by atoms with Gasteiger partial charge in [-0.15, -0.1) is 0 Å². The first kappa shape index (κ1) is 16.0. The standard InChI is InChI=1S/C12H13Br2NO4/c1-6(11(16)15(2)3)19-10-8(13)4-7(12(17)18)5-9(10)14/h4-6H,1-3H3,(H,17,18). The summed E-state index contributed by atoms with van der Waals surface area (Å²) >= 11 is 6.48. The van der Waals surface area contributed by atoms with Crippen LogP contribution >= 0.6 is 31.9 Å². The van der Waals surface area contributed by atoms with Crippen molar-refractivity contribution in [2.75, 3.05) is 14.1 Å². The highest BCUT2D eigenvalue weighted by molar-refractivity contribution is 9.11. The molecule has 5 nitrogen and oxygen atoms in total. The molecule has 1 amide bonds. The molecule has 0 aliphatic rings. The van der Waals surface area contributed by atoms with Crippen LogP contribution in [0.15, 0.2) is 21.1 Å². The van der Waals surface area contributed by atoms with Gasteiger partial charge in [-0.3, -0.25) is 4.79 Å². The van der Waals surface area contributed by atoms with Crippen LogP contribution in [0.5, 0.6) is 5.75 Å². The van der Waals surface area contributed by atoms with Crippen LogP contribution in [0.4, 0.5) is 0 Å². The van der Waals surface area contributed by atoms with Gasteiger partial charge in [-0.1, -0.05) is 0 Å². The number of carboxylic acids is 1. The van der Waals surface area contributed by atoms with E-state index in [1.54, 1.807) is 21.0 Å². The van der Waals surface area contributed by atoms with Crippen molar-refractivity contribution in [1.29, 1.82) is 0 Å². The predicted molar refractivity (Wildman–Crippen MR) is 77.6 cm³/mol. The fourth-order valence-corrected chi connectivity index (χ4v) is 2.76. The van der Waals surface area contributed by atoms with E-state index in [0.717, 1.165) is 0 Å². The number of carbonyl (C=O) groups excluding carboxylic acids is 1. The maximum absolute atomic E-state index is 11.7. The lowest BCUT2D eigenvalue weighted by atomic mass is 10.2. The smallest absolute Gasteiger partial charge is 0.335 e. The Hall–Kier alpha value is -1.08. The van der Waals surface area contributed by atoms with E-state index in [2.05, 4.69) is 31.9 Å². The molecule has 7 heteroatoms. The number of rotatable bonds is 4. The highest BCUT2D eigenvalue weighted by Gasteiger charge is 2.20. The Labute approximate surface area is 127 Å². The summed E-state index contributed by atoms with van der Waals surface area (Å²) in [6, 6.07) is 2.85. The molecular weight excluding hydrogens is 382 g/mol. The number of carboxylic acid groups (broad SMARTS) is 1. The van der Waals surface area contributed by atoms with E-state index in [0.29, 0.717) is 14.7 Å². The Balaban J connectivity index is 3.03. The van der Waals surface area contributed by atoms with E-state index < -0.39 is 12.1 Å². The first-order valence-electron chi connectivity index (χ1n) is 5.34. The predicted octanol–water partition coefficient (Wildman–Crippen LogP) is 2.77. The number of carbonyl (C=O) groups is 2. The lowest BCUT2D eigenvalue weighted by Gasteiger charge is -2.20. The molecule has 0 radical (unpaired) electrons. The highest BCUT2D eigenvalue weighted by Crippen LogP contribution is 2.35. The second-order valence-corrected chi connectivity index (χ2v) is 5.78. The van der Waals surface area contributed by atoms with Gasteiger partial charge in [0.15, 0.2) is 6.10 Å². The molecule has 0 bridgehead atoms. The number of halogens is 2. The Morgan fingerprint density at radius 2 is 1.74 bits per heavy atom. The molecule has 0 heterocycles. The molecule has 1 rings (SSSR count). The SMILES string of the molecule is CC(Oc1c(Br)cc(C(=O)O)cc1Br)C(=O)N(C)C. The zero-order chi connectivity index (χ0) is 14.7. The third-order valence-electron chi connectivity index (χ3n) is 2.33. The zero-order valence-electron chi connectivity index (χ0n) is 10.6. The summed E-state index contributed by atoms with van der Waals surface area (Å²) in [5.74, 6) is -0.820. The number of hydrogen-bond donors (Lipinski definition) is 1. The van der Waals surface area contributed by atoms with E-state index in [9.17, 15) is 9.59 Å².